The number of benzene rings is 1. The second-order valence-electron chi connectivity index (χ2n) is 13.9. The van der Waals surface area contributed by atoms with Crippen LogP contribution in [0.2, 0.25) is 18.1 Å². The first-order chi connectivity index (χ1) is 22.5. The second kappa shape index (κ2) is 16.5. The summed E-state index contributed by atoms with van der Waals surface area (Å²) < 4.78 is 12.3. The number of pyridine rings is 1. The zero-order valence-electron chi connectivity index (χ0n) is 29.9. The molecule has 5 atom stereocenters. The van der Waals surface area contributed by atoms with Gasteiger partial charge < -0.3 is 19.8 Å². The summed E-state index contributed by atoms with van der Waals surface area (Å²) in [6.45, 7) is 21.6. The highest BCUT2D eigenvalue weighted by Crippen LogP contribution is 2.37. The van der Waals surface area contributed by atoms with Crippen molar-refractivity contribution >= 4 is 48.9 Å². The van der Waals surface area contributed by atoms with E-state index in [0.717, 1.165) is 22.0 Å². The van der Waals surface area contributed by atoms with Crippen LogP contribution in [-0.4, -0.2) is 72.8 Å². The summed E-state index contributed by atoms with van der Waals surface area (Å²) in [5, 5.41) is 8.75. The van der Waals surface area contributed by atoms with Crippen molar-refractivity contribution in [3.63, 3.8) is 0 Å². The Morgan fingerprint density at radius 2 is 1.83 bits per heavy atom. The first-order valence-electron chi connectivity index (χ1n) is 16.7. The Morgan fingerprint density at radius 1 is 1.12 bits per heavy atom. The molecule has 0 bridgehead atoms. The molecular weight excluding hydrogens is 627 g/mol. The molecule has 3 rings (SSSR count). The van der Waals surface area contributed by atoms with Gasteiger partial charge in [0.15, 0.2) is 8.32 Å². The molecule has 5 unspecified atom stereocenters. The molecule has 1 fully saturated rings. The third kappa shape index (κ3) is 10.1. The molecule has 0 radical (unpaired) electrons. The lowest BCUT2D eigenvalue weighted by atomic mass is 10.0. The minimum absolute atomic E-state index is 0.113. The maximum Gasteiger partial charge on any atom is 0.325 e. The predicted octanol–water partition coefficient (Wildman–Crippen LogP) is 5.34. The minimum atomic E-state index is -2.29. The summed E-state index contributed by atoms with van der Waals surface area (Å²) in [6.07, 6.45) is 6.94. The second-order valence-corrected chi connectivity index (χ2v) is 18.7. The molecule has 0 aliphatic carbocycles. The Hall–Kier alpha value is -3.87. The van der Waals surface area contributed by atoms with E-state index in [9.17, 15) is 19.2 Å². The summed E-state index contributed by atoms with van der Waals surface area (Å²) in [6, 6.07) is 5.03. The highest BCUT2D eigenvalue weighted by atomic mass is 28.4. The average Bonchev–Trinajstić information content (AvgIpc) is 3.04. The van der Waals surface area contributed by atoms with Gasteiger partial charge in [-0.25, -0.2) is 5.43 Å². The fourth-order valence-electron chi connectivity index (χ4n) is 5.14. The smallest absolute Gasteiger partial charge is 0.325 e. The van der Waals surface area contributed by atoms with Gasteiger partial charge in [-0.2, -0.15) is 0 Å². The van der Waals surface area contributed by atoms with Crippen LogP contribution in [0, 0.1) is 0 Å². The molecule has 2 heterocycles. The number of fused-ring (bicyclic) bond motifs is 1. The molecule has 1 aliphatic rings. The number of nitrogens with zero attached hydrogens (tertiary/aromatic N) is 2. The summed E-state index contributed by atoms with van der Waals surface area (Å²) >= 11 is 0. The van der Waals surface area contributed by atoms with Gasteiger partial charge in [-0.05, 0) is 87.8 Å². The van der Waals surface area contributed by atoms with Crippen molar-refractivity contribution in [3.05, 3.63) is 60.5 Å². The number of amides is 3. The molecule has 0 spiro atoms. The normalized spacial score (nSPS) is 18.1. The van der Waals surface area contributed by atoms with Gasteiger partial charge in [0, 0.05) is 24.5 Å². The molecule has 3 amide bonds. The van der Waals surface area contributed by atoms with Gasteiger partial charge in [0.1, 0.15) is 24.2 Å². The standard InChI is InChI=1S/C36H53N5O6Si/c1-11-13-16-31(42)39-32(25(5)47-48(9,10)36(6,7)8)33(43)38-23(3)34(44)41-19-14-15-30(40-41)35(45)46-24(4)26-17-18-27-22-37-29(12-2)21-28(27)20-26/h11-13,17-18,20-25,30,32,40H,2,14-16,19H2,1,3-10H3,(H,38,43)(H,39,42). The summed E-state index contributed by atoms with van der Waals surface area (Å²) in [4.78, 5) is 57.3. The highest BCUT2D eigenvalue weighted by molar-refractivity contribution is 6.74. The molecule has 12 heteroatoms. The average molecular weight is 680 g/mol. The molecule has 48 heavy (non-hydrogen) atoms. The number of ether oxygens (including phenoxy) is 1. The Balaban J connectivity index is 1.65. The Bertz CT molecular complexity index is 1520. The number of rotatable bonds is 13. The van der Waals surface area contributed by atoms with Gasteiger partial charge in [-0.1, -0.05) is 51.6 Å². The van der Waals surface area contributed by atoms with Crippen molar-refractivity contribution in [2.45, 2.75) is 116 Å². The van der Waals surface area contributed by atoms with Crippen LogP contribution < -0.4 is 16.1 Å². The molecule has 262 valence electrons. The van der Waals surface area contributed by atoms with Gasteiger partial charge >= 0.3 is 5.97 Å². The zero-order chi connectivity index (χ0) is 35.8. The Labute approximate surface area is 286 Å². The largest absolute Gasteiger partial charge is 0.457 e. The van der Waals surface area contributed by atoms with E-state index in [1.54, 1.807) is 38.3 Å². The SMILES string of the molecule is C=Cc1cc2cc(C(C)OC(=O)C3CCCN(C(=O)C(C)NC(=O)C(NC(=O)CC=CC)C(C)O[Si](C)(C)C(C)(C)C)N3)ccc2cn1. The van der Waals surface area contributed by atoms with Gasteiger partial charge in [-0.15, -0.1) is 0 Å². The fourth-order valence-corrected chi connectivity index (χ4v) is 6.56. The van der Waals surface area contributed by atoms with Crippen LogP contribution in [0.5, 0.6) is 0 Å². The Morgan fingerprint density at radius 3 is 2.48 bits per heavy atom. The van der Waals surface area contributed by atoms with E-state index in [4.69, 9.17) is 9.16 Å². The first-order valence-corrected chi connectivity index (χ1v) is 19.6. The van der Waals surface area contributed by atoms with Crippen molar-refractivity contribution in [3.8, 4) is 0 Å². The molecule has 0 saturated carbocycles. The molecule has 1 saturated heterocycles. The lowest BCUT2D eigenvalue weighted by Gasteiger charge is -2.40. The van der Waals surface area contributed by atoms with Crippen molar-refractivity contribution in [1.82, 2.24) is 26.1 Å². The number of carbonyl (C=O) groups excluding carboxylic acids is 4. The van der Waals surface area contributed by atoms with Crippen LogP contribution in [0.3, 0.4) is 0 Å². The van der Waals surface area contributed by atoms with E-state index in [1.165, 1.54) is 5.01 Å². The molecule has 1 aromatic heterocycles. The van der Waals surface area contributed by atoms with Crippen LogP contribution in [0.25, 0.3) is 16.8 Å². The number of carbonyl (C=O) groups is 4. The monoisotopic (exact) mass is 679 g/mol. The number of hydrogen-bond acceptors (Lipinski definition) is 8. The summed E-state index contributed by atoms with van der Waals surface area (Å²) in [7, 11) is -2.29. The third-order valence-corrected chi connectivity index (χ3v) is 13.7. The molecule has 1 aliphatic heterocycles. The maximum atomic E-state index is 13.6. The van der Waals surface area contributed by atoms with Crippen LogP contribution in [0.1, 0.15) is 85.1 Å². The Kier molecular flexibility index (Phi) is 13.3. The number of hydrogen-bond donors (Lipinski definition) is 3. The predicted molar refractivity (Wildman–Crippen MR) is 191 cm³/mol. The zero-order valence-corrected chi connectivity index (χ0v) is 30.9. The molecule has 11 nitrogen and oxygen atoms in total. The number of nitrogens with one attached hydrogen (secondary N) is 3. The quantitative estimate of drug-likeness (QED) is 0.147. The summed E-state index contributed by atoms with van der Waals surface area (Å²) in [5.74, 6) is -1.73. The van der Waals surface area contributed by atoms with E-state index in [1.807, 2.05) is 38.1 Å². The maximum absolute atomic E-state index is 13.6. The van der Waals surface area contributed by atoms with Crippen LogP contribution in [-0.2, 0) is 28.3 Å². The van der Waals surface area contributed by atoms with Gasteiger partial charge in [0.05, 0.1) is 11.8 Å². The minimum Gasteiger partial charge on any atom is -0.457 e. The van der Waals surface area contributed by atoms with Gasteiger partial charge in [-0.3, -0.25) is 29.2 Å². The van der Waals surface area contributed by atoms with Gasteiger partial charge in [0.2, 0.25) is 11.8 Å². The van der Waals surface area contributed by atoms with Crippen molar-refractivity contribution in [2.24, 2.45) is 0 Å². The van der Waals surface area contributed by atoms with Crippen LogP contribution in [0.15, 0.2) is 49.2 Å². The number of aromatic nitrogens is 1. The van der Waals surface area contributed by atoms with E-state index in [0.29, 0.717) is 19.4 Å². The lowest BCUT2D eigenvalue weighted by Crippen LogP contribution is -2.62. The topological polar surface area (TPSA) is 139 Å². The molecular formula is C36H53N5O6Si. The van der Waals surface area contributed by atoms with E-state index in [2.05, 4.69) is 61.5 Å². The first kappa shape index (κ1) is 38.6. The van der Waals surface area contributed by atoms with Crippen molar-refractivity contribution < 1.29 is 28.3 Å². The fraction of sp³-hybridized carbons (Fsp3) is 0.528. The summed E-state index contributed by atoms with van der Waals surface area (Å²) in [5.41, 5.74) is 4.59. The molecule has 3 N–H and O–H groups in total. The van der Waals surface area contributed by atoms with E-state index in [-0.39, 0.29) is 17.4 Å². The van der Waals surface area contributed by atoms with E-state index >= 15 is 0 Å². The number of hydrazine groups is 1. The number of esters is 1. The van der Waals surface area contributed by atoms with Gasteiger partial charge in [0.25, 0.3) is 5.91 Å². The highest BCUT2D eigenvalue weighted by Gasteiger charge is 2.42. The van der Waals surface area contributed by atoms with Crippen molar-refractivity contribution in [1.29, 1.82) is 0 Å². The molecule has 1 aromatic carbocycles. The van der Waals surface area contributed by atoms with Crippen molar-refractivity contribution in [2.75, 3.05) is 6.54 Å². The van der Waals surface area contributed by atoms with E-state index < -0.39 is 56.4 Å². The third-order valence-electron chi connectivity index (χ3n) is 9.10. The lowest BCUT2D eigenvalue weighted by molar-refractivity contribution is -0.157. The number of allylic oxidation sites excluding steroid dienone is 1. The van der Waals surface area contributed by atoms with Crippen LogP contribution >= 0.6 is 0 Å². The van der Waals surface area contributed by atoms with Crippen LogP contribution in [0.4, 0.5) is 0 Å². The molecule has 2 aromatic rings.